The molecular formula is C12H18N2O2. The molecule has 4 heteroatoms. The molecule has 0 unspecified atom stereocenters. The van der Waals surface area contributed by atoms with Crippen molar-refractivity contribution in [1.82, 2.24) is 4.98 Å². The van der Waals surface area contributed by atoms with Crippen molar-refractivity contribution >= 4 is 11.7 Å². The molecule has 0 radical (unpaired) electrons. The quantitative estimate of drug-likeness (QED) is 0.776. The van der Waals surface area contributed by atoms with Crippen LogP contribution in [0.4, 0.5) is 5.69 Å². The van der Waals surface area contributed by atoms with E-state index in [0.29, 0.717) is 5.92 Å². The first-order chi connectivity index (χ1) is 7.67. The van der Waals surface area contributed by atoms with E-state index in [1.807, 2.05) is 0 Å². The summed E-state index contributed by atoms with van der Waals surface area (Å²) in [6.45, 7) is 5.19. The number of hydrogen-bond donors (Lipinski definition) is 2. The minimum Gasteiger partial charge on any atom is -0.477 e. The van der Waals surface area contributed by atoms with Gasteiger partial charge in [-0.1, -0.05) is 26.7 Å². The molecular weight excluding hydrogens is 204 g/mol. The molecule has 0 aliphatic carbocycles. The van der Waals surface area contributed by atoms with Crippen LogP contribution in [0.2, 0.25) is 0 Å². The Hall–Kier alpha value is -1.58. The van der Waals surface area contributed by atoms with Gasteiger partial charge in [0.1, 0.15) is 5.69 Å². The van der Waals surface area contributed by atoms with Crippen LogP contribution in [0.5, 0.6) is 0 Å². The fourth-order valence-corrected chi connectivity index (χ4v) is 1.50. The van der Waals surface area contributed by atoms with Gasteiger partial charge in [-0.15, -0.1) is 0 Å². The van der Waals surface area contributed by atoms with E-state index in [-0.39, 0.29) is 5.69 Å². The summed E-state index contributed by atoms with van der Waals surface area (Å²) in [7, 11) is 0. The highest BCUT2D eigenvalue weighted by atomic mass is 16.4. The molecule has 0 aliphatic rings. The second-order valence-electron chi connectivity index (χ2n) is 3.80. The first-order valence-electron chi connectivity index (χ1n) is 5.60. The van der Waals surface area contributed by atoms with Crippen LogP contribution in [0, 0.1) is 5.92 Å². The predicted molar refractivity (Wildman–Crippen MR) is 63.8 cm³/mol. The highest BCUT2D eigenvalue weighted by Crippen LogP contribution is 2.12. The molecule has 0 aliphatic heterocycles. The van der Waals surface area contributed by atoms with Gasteiger partial charge in [0.15, 0.2) is 0 Å². The topological polar surface area (TPSA) is 62.2 Å². The van der Waals surface area contributed by atoms with E-state index in [2.05, 4.69) is 24.1 Å². The fourth-order valence-electron chi connectivity index (χ4n) is 1.50. The summed E-state index contributed by atoms with van der Waals surface area (Å²) in [5.74, 6) is -0.368. The zero-order valence-corrected chi connectivity index (χ0v) is 9.73. The number of anilines is 1. The van der Waals surface area contributed by atoms with Crippen LogP contribution in [-0.4, -0.2) is 22.6 Å². The molecule has 0 atom stereocenters. The Morgan fingerprint density at radius 1 is 1.50 bits per heavy atom. The highest BCUT2D eigenvalue weighted by Gasteiger charge is 2.06. The lowest BCUT2D eigenvalue weighted by molar-refractivity contribution is 0.0690. The predicted octanol–water partition coefficient (Wildman–Crippen LogP) is 2.63. The van der Waals surface area contributed by atoms with Crippen LogP contribution in [0.1, 0.15) is 37.2 Å². The van der Waals surface area contributed by atoms with Gasteiger partial charge in [-0.25, -0.2) is 9.78 Å². The van der Waals surface area contributed by atoms with Crippen molar-refractivity contribution < 1.29 is 9.90 Å². The van der Waals surface area contributed by atoms with Crippen molar-refractivity contribution in [1.29, 1.82) is 0 Å². The summed E-state index contributed by atoms with van der Waals surface area (Å²) < 4.78 is 0. The number of aromatic carboxylic acids is 1. The Labute approximate surface area is 95.7 Å². The average Bonchev–Trinajstić information content (AvgIpc) is 2.31. The maximum atomic E-state index is 10.7. The number of carbonyl (C=O) groups is 1. The molecule has 16 heavy (non-hydrogen) atoms. The normalized spacial score (nSPS) is 10.4. The van der Waals surface area contributed by atoms with E-state index in [0.717, 1.165) is 25.1 Å². The van der Waals surface area contributed by atoms with Gasteiger partial charge in [0.2, 0.25) is 0 Å². The van der Waals surface area contributed by atoms with Gasteiger partial charge in [-0.05, 0) is 18.1 Å². The van der Waals surface area contributed by atoms with Crippen molar-refractivity contribution in [2.45, 2.75) is 26.7 Å². The maximum Gasteiger partial charge on any atom is 0.354 e. The zero-order chi connectivity index (χ0) is 12.0. The Bertz CT molecular complexity index is 349. The Balaban J connectivity index is 2.60. The molecule has 1 heterocycles. The van der Waals surface area contributed by atoms with Gasteiger partial charge in [0, 0.05) is 18.4 Å². The molecule has 0 spiro atoms. The Morgan fingerprint density at radius 2 is 2.19 bits per heavy atom. The molecule has 0 fully saturated rings. The van der Waals surface area contributed by atoms with Crippen molar-refractivity contribution in [2.24, 2.45) is 5.92 Å². The van der Waals surface area contributed by atoms with Gasteiger partial charge in [-0.2, -0.15) is 0 Å². The van der Waals surface area contributed by atoms with E-state index in [4.69, 9.17) is 5.11 Å². The Kier molecular flexibility index (Phi) is 4.76. The third-order valence-electron chi connectivity index (χ3n) is 2.73. The molecule has 1 rings (SSSR count). The van der Waals surface area contributed by atoms with Crippen LogP contribution in [-0.2, 0) is 0 Å². The lowest BCUT2D eigenvalue weighted by Crippen LogP contribution is -2.13. The van der Waals surface area contributed by atoms with E-state index in [9.17, 15) is 4.79 Å². The molecule has 0 bridgehead atoms. The number of carboxylic acid groups (broad SMARTS) is 1. The second-order valence-corrected chi connectivity index (χ2v) is 3.80. The Morgan fingerprint density at radius 3 is 2.75 bits per heavy atom. The minimum absolute atomic E-state index is 0.0783. The molecule has 4 nitrogen and oxygen atoms in total. The smallest absolute Gasteiger partial charge is 0.354 e. The zero-order valence-electron chi connectivity index (χ0n) is 9.73. The van der Waals surface area contributed by atoms with Gasteiger partial charge in [0.25, 0.3) is 0 Å². The van der Waals surface area contributed by atoms with Crippen molar-refractivity contribution in [3.8, 4) is 0 Å². The van der Waals surface area contributed by atoms with E-state index < -0.39 is 5.97 Å². The SMILES string of the molecule is CCC(CC)CNc1ccnc(C(=O)O)c1. The summed E-state index contributed by atoms with van der Waals surface area (Å²) in [5.41, 5.74) is 0.897. The molecule has 0 aromatic carbocycles. The van der Waals surface area contributed by atoms with Gasteiger partial charge in [-0.3, -0.25) is 0 Å². The van der Waals surface area contributed by atoms with Crippen molar-refractivity contribution in [3.05, 3.63) is 24.0 Å². The van der Waals surface area contributed by atoms with Crippen LogP contribution in [0.15, 0.2) is 18.3 Å². The number of nitrogens with one attached hydrogen (secondary N) is 1. The highest BCUT2D eigenvalue weighted by molar-refractivity contribution is 5.86. The third kappa shape index (κ3) is 3.53. The van der Waals surface area contributed by atoms with Crippen LogP contribution in [0.25, 0.3) is 0 Å². The largest absolute Gasteiger partial charge is 0.477 e. The van der Waals surface area contributed by atoms with Crippen molar-refractivity contribution in [2.75, 3.05) is 11.9 Å². The van der Waals surface area contributed by atoms with E-state index in [1.54, 1.807) is 12.1 Å². The van der Waals surface area contributed by atoms with Crippen LogP contribution in [0.3, 0.4) is 0 Å². The van der Waals surface area contributed by atoms with Crippen molar-refractivity contribution in [3.63, 3.8) is 0 Å². The first-order valence-corrected chi connectivity index (χ1v) is 5.60. The first kappa shape index (κ1) is 12.5. The molecule has 2 N–H and O–H groups in total. The molecule has 0 amide bonds. The number of pyridine rings is 1. The third-order valence-corrected chi connectivity index (χ3v) is 2.73. The molecule has 0 saturated carbocycles. The monoisotopic (exact) mass is 222 g/mol. The van der Waals surface area contributed by atoms with Gasteiger partial charge < -0.3 is 10.4 Å². The summed E-state index contributed by atoms with van der Waals surface area (Å²) in [5, 5.41) is 12.0. The summed E-state index contributed by atoms with van der Waals surface area (Å²) in [6, 6.07) is 3.35. The molecule has 88 valence electrons. The van der Waals surface area contributed by atoms with E-state index in [1.165, 1.54) is 6.20 Å². The van der Waals surface area contributed by atoms with Crippen LogP contribution < -0.4 is 5.32 Å². The number of rotatable bonds is 6. The summed E-state index contributed by atoms with van der Waals surface area (Å²) in [4.78, 5) is 14.5. The number of hydrogen-bond acceptors (Lipinski definition) is 3. The maximum absolute atomic E-state index is 10.7. The van der Waals surface area contributed by atoms with Crippen LogP contribution >= 0.6 is 0 Å². The second kappa shape index (κ2) is 6.10. The standard InChI is InChI=1S/C12H18N2O2/c1-3-9(4-2)8-14-10-5-6-13-11(7-10)12(15)16/h5-7,9H,3-4,8H2,1-2H3,(H,13,14)(H,15,16). The van der Waals surface area contributed by atoms with Gasteiger partial charge >= 0.3 is 5.97 Å². The number of aromatic nitrogens is 1. The van der Waals surface area contributed by atoms with Gasteiger partial charge in [0.05, 0.1) is 0 Å². The fraction of sp³-hybridized carbons (Fsp3) is 0.500. The molecule has 1 aromatic rings. The van der Waals surface area contributed by atoms with E-state index >= 15 is 0 Å². The molecule has 0 saturated heterocycles. The minimum atomic E-state index is -0.994. The lowest BCUT2D eigenvalue weighted by Gasteiger charge is -2.14. The summed E-state index contributed by atoms with van der Waals surface area (Å²) in [6.07, 6.45) is 3.76. The molecule has 1 aromatic heterocycles. The summed E-state index contributed by atoms with van der Waals surface area (Å²) >= 11 is 0. The number of nitrogens with zero attached hydrogens (tertiary/aromatic N) is 1. The lowest BCUT2D eigenvalue weighted by atomic mass is 10.0. The average molecular weight is 222 g/mol. The number of carboxylic acids is 1.